The summed E-state index contributed by atoms with van der Waals surface area (Å²) in [6, 6.07) is 14.0. The molecule has 0 fully saturated rings. The van der Waals surface area contributed by atoms with Crippen LogP contribution < -0.4 is 10.6 Å². The molecule has 7 heteroatoms. The molecule has 126 valence electrons. The van der Waals surface area contributed by atoms with Crippen molar-refractivity contribution >= 4 is 52.1 Å². The van der Waals surface area contributed by atoms with Crippen LogP contribution in [0, 0.1) is 0 Å². The number of benzene rings is 2. The Labute approximate surface area is 155 Å². The lowest BCUT2D eigenvalue weighted by molar-refractivity contribution is 0.101. The van der Waals surface area contributed by atoms with Gasteiger partial charge in [0.25, 0.3) is 0 Å². The van der Waals surface area contributed by atoms with Gasteiger partial charge in [0, 0.05) is 22.5 Å². The van der Waals surface area contributed by atoms with E-state index in [-0.39, 0.29) is 5.78 Å². The molecule has 0 aliphatic carbocycles. The Morgan fingerprint density at radius 1 is 1.04 bits per heavy atom. The van der Waals surface area contributed by atoms with Crippen LogP contribution in [0.2, 0.25) is 10.0 Å². The van der Waals surface area contributed by atoms with Gasteiger partial charge in [0.05, 0.1) is 10.7 Å². The Balaban J connectivity index is 1.81. The zero-order valence-electron chi connectivity index (χ0n) is 13.3. The van der Waals surface area contributed by atoms with Crippen molar-refractivity contribution in [1.82, 2.24) is 9.97 Å². The lowest BCUT2D eigenvalue weighted by Crippen LogP contribution is -2.01. The predicted molar refractivity (Wildman–Crippen MR) is 102 cm³/mol. The number of ketones is 1. The topological polar surface area (TPSA) is 66.9 Å². The number of carbonyl (C=O) groups is 1. The lowest BCUT2D eigenvalue weighted by atomic mass is 10.1. The molecule has 2 aromatic carbocycles. The van der Waals surface area contributed by atoms with Crippen molar-refractivity contribution in [2.45, 2.75) is 6.92 Å². The zero-order valence-corrected chi connectivity index (χ0v) is 14.8. The van der Waals surface area contributed by atoms with Crippen molar-refractivity contribution in [2.75, 3.05) is 10.6 Å². The van der Waals surface area contributed by atoms with Crippen LogP contribution in [0.15, 0.2) is 54.7 Å². The minimum absolute atomic E-state index is 0.00409. The Hall–Kier alpha value is -2.63. The van der Waals surface area contributed by atoms with Gasteiger partial charge in [0.15, 0.2) is 5.78 Å². The summed E-state index contributed by atoms with van der Waals surface area (Å²) in [5, 5.41) is 7.29. The van der Waals surface area contributed by atoms with E-state index < -0.39 is 0 Å². The van der Waals surface area contributed by atoms with E-state index in [0.717, 1.165) is 5.69 Å². The molecule has 0 spiro atoms. The quantitative estimate of drug-likeness (QED) is 0.580. The smallest absolute Gasteiger partial charge is 0.229 e. The van der Waals surface area contributed by atoms with Crippen LogP contribution in [-0.4, -0.2) is 15.8 Å². The van der Waals surface area contributed by atoms with Crippen LogP contribution >= 0.6 is 23.2 Å². The van der Waals surface area contributed by atoms with Gasteiger partial charge in [0.1, 0.15) is 5.82 Å². The fourth-order valence-electron chi connectivity index (χ4n) is 2.16. The highest BCUT2D eigenvalue weighted by atomic mass is 35.5. The SMILES string of the molecule is CC(=O)c1cccc(Nc2nccc(Nc3cc(Cl)ccc3Cl)n2)c1. The molecule has 0 aliphatic rings. The van der Waals surface area contributed by atoms with Gasteiger partial charge in [-0.05, 0) is 43.3 Å². The molecular formula is C18H14Cl2N4O. The Morgan fingerprint density at radius 3 is 2.68 bits per heavy atom. The molecule has 1 heterocycles. The third-order valence-electron chi connectivity index (χ3n) is 3.37. The molecule has 0 radical (unpaired) electrons. The molecule has 2 N–H and O–H groups in total. The molecule has 0 aliphatic heterocycles. The van der Waals surface area contributed by atoms with Crippen LogP contribution in [0.5, 0.6) is 0 Å². The molecule has 25 heavy (non-hydrogen) atoms. The summed E-state index contributed by atoms with van der Waals surface area (Å²) in [6.45, 7) is 1.52. The van der Waals surface area contributed by atoms with Gasteiger partial charge in [-0.2, -0.15) is 4.98 Å². The molecule has 0 saturated heterocycles. The second-order valence-electron chi connectivity index (χ2n) is 5.28. The van der Waals surface area contributed by atoms with Gasteiger partial charge in [-0.1, -0.05) is 35.3 Å². The number of halogens is 2. The average molecular weight is 373 g/mol. The third-order valence-corrected chi connectivity index (χ3v) is 3.94. The zero-order chi connectivity index (χ0) is 17.8. The molecule has 0 bridgehead atoms. The largest absolute Gasteiger partial charge is 0.339 e. The number of aromatic nitrogens is 2. The van der Waals surface area contributed by atoms with Gasteiger partial charge >= 0.3 is 0 Å². The third kappa shape index (κ3) is 4.47. The van der Waals surface area contributed by atoms with Crippen molar-refractivity contribution in [1.29, 1.82) is 0 Å². The Morgan fingerprint density at radius 2 is 1.88 bits per heavy atom. The van der Waals surface area contributed by atoms with E-state index in [2.05, 4.69) is 20.6 Å². The van der Waals surface area contributed by atoms with E-state index in [1.165, 1.54) is 6.92 Å². The maximum absolute atomic E-state index is 11.5. The molecular weight excluding hydrogens is 359 g/mol. The monoisotopic (exact) mass is 372 g/mol. The van der Waals surface area contributed by atoms with E-state index in [9.17, 15) is 4.79 Å². The minimum Gasteiger partial charge on any atom is -0.339 e. The van der Waals surface area contributed by atoms with Gasteiger partial charge < -0.3 is 10.6 Å². The van der Waals surface area contributed by atoms with Gasteiger partial charge in [-0.25, -0.2) is 4.98 Å². The average Bonchev–Trinajstić information content (AvgIpc) is 2.59. The number of nitrogens with zero attached hydrogens (tertiary/aromatic N) is 2. The molecule has 0 saturated carbocycles. The highest BCUT2D eigenvalue weighted by Gasteiger charge is 2.06. The normalized spacial score (nSPS) is 10.4. The fourth-order valence-corrected chi connectivity index (χ4v) is 2.50. The van der Waals surface area contributed by atoms with Crippen LogP contribution in [0.1, 0.15) is 17.3 Å². The van der Waals surface area contributed by atoms with E-state index in [4.69, 9.17) is 23.2 Å². The fraction of sp³-hybridized carbons (Fsp3) is 0.0556. The number of hydrogen-bond acceptors (Lipinski definition) is 5. The van der Waals surface area contributed by atoms with Crippen LogP contribution in [-0.2, 0) is 0 Å². The van der Waals surface area contributed by atoms with Crippen molar-refractivity contribution in [3.63, 3.8) is 0 Å². The molecule has 1 aromatic heterocycles. The first-order valence-electron chi connectivity index (χ1n) is 7.44. The molecule has 5 nitrogen and oxygen atoms in total. The van der Waals surface area contributed by atoms with Gasteiger partial charge in [0.2, 0.25) is 5.95 Å². The molecule has 3 rings (SSSR count). The number of anilines is 4. The summed E-state index contributed by atoms with van der Waals surface area (Å²) in [7, 11) is 0. The summed E-state index contributed by atoms with van der Waals surface area (Å²) in [6.07, 6.45) is 1.62. The minimum atomic E-state index is -0.00409. The van der Waals surface area contributed by atoms with Crippen LogP contribution in [0.3, 0.4) is 0 Å². The van der Waals surface area contributed by atoms with Crippen LogP contribution in [0.25, 0.3) is 0 Å². The molecule has 0 atom stereocenters. The highest BCUT2D eigenvalue weighted by Crippen LogP contribution is 2.28. The summed E-state index contributed by atoms with van der Waals surface area (Å²) in [4.78, 5) is 20.0. The van der Waals surface area contributed by atoms with Crippen molar-refractivity contribution < 1.29 is 4.79 Å². The van der Waals surface area contributed by atoms with E-state index in [1.54, 1.807) is 48.7 Å². The first-order chi connectivity index (χ1) is 12.0. The molecule has 3 aromatic rings. The molecule has 0 amide bonds. The standard InChI is InChI=1S/C18H14Cl2N4O/c1-11(25)12-3-2-4-14(9-12)22-18-21-8-7-17(24-18)23-16-10-13(19)5-6-15(16)20/h2-10H,1H3,(H2,21,22,23,24). The summed E-state index contributed by atoms with van der Waals surface area (Å²) < 4.78 is 0. The van der Waals surface area contributed by atoms with Crippen molar-refractivity contribution in [3.05, 3.63) is 70.3 Å². The summed E-state index contributed by atoms with van der Waals surface area (Å²) in [5.41, 5.74) is 1.99. The van der Waals surface area contributed by atoms with E-state index in [1.807, 2.05) is 6.07 Å². The number of rotatable bonds is 5. The number of carbonyl (C=O) groups excluding carboxylic acids is 1. The molecule has 0 unspecified atom stereocenters. The Kier molecular flexibility index (Phi) is 5.16. The first kappa shape index (κ1) is 17.2. The van der Waals surface area contributed by atoms with Crippen molar-refractivity contribution in [3.8, 4) is 0 Å². The highest BCUT2D eigenvalue weighted by molar-refractivity contribution is 6.35. The Bertz CT molecular complexity index is 930. The van der Waals surface area contributed by atoms with Crippen molar-refractivity contribution in [2.24, 2.45) is 0 Å². The summed E-state index contributed by atoms with van der Waals surface area (Å²) >= 11 is 12.1. The maximum atomic E-state index is 11.5. The van der Waals surface area contributed by atoms with Crippen LogP contribution in [0.4, 0.5) is 23.1 Å². The predicted octanol–water partition coefficient (Wildman–Crippen LogP) is 5.47. The lowest BCUT2D eigenvalue weighted by Gasteiger charge is -2.10. The first-order valence-corrected chi connectivity index (χ1v) is 8.20. The van der Waals surface area contributed by atoms with E-state index in [0.29, 0.717) is 33.1 Å². The van der Waals surface area contributed by atoms with Gasteiger partial charge in [-0.3, -0.25) is 4.79 Å². The number of nitrogens with one attached hydrogen (secondary N) is 2. The number of Topliss-reactive ketones (excluding diaryl/α,β-unsaturated/α-hetero) is 1. The summed E-state index contributed by atoms with van der Waals surface area (Å²) in [5.74, 6) is 0.948. The van der Waals surface area contributed by atoms with Gasteiger partial charge in [-0.15, -0.1) is 0 Å². The number of hydrogen-bond donors (Lipinski definition) is 2. The maximum Gasteiger partial charge on any atom is 0.229 e. The second-order valence-corrected chi connectivity index (χ2v) is 6.12. The second kappa shape index (κ2) is 7.51. The van der Waals surface area contributed by atoms with E-state index >= 15 is 0 Å².